The fraction of sp³-hybridized carbons (Fsp3) is 0.917. The zero-order valence-electron chi connectivity index (χ0n) is 21.4. The second-order valence-electron chi connectivity index (χ2n) is 9.42. The largest absolute Gasteiger partial charge is 0.444 e. The Balaban J connectivity index is 2.48. The summed E-state index contributed by atoms with van der Waals surface area (Å²) < 4.78 is 5.56. The third-order valence-corrected chi connectivity index (χ3v) is 5.80. The molecule has 1 N–H and O–H groups in total. The van der Waals surface area contributed by atoms with Crippen LogP contribution < -0.4 is 5.32 Å². The molecule has 0 bridgehead atoms. The Labute approximate surface area is 191 Å². The van der Waals surface area contributed by atoms with Crippen LogP contribution in [0.15, 0.2) is 4.99 Å². The molecule has 0 saturated carbocycles. The van der Waals surface area contributed by atoms with Crippen LogP contribution in [0, 0.1) is 5.92 Å². The molecule has 0 aromatic carbocycles. The standard InChI is InChI=1S/C24H49N5O2/c1-8-25-22(26-16-12-13-17-27(9-2)10-3)29-18-14-21(15-19-29)20-28(11-4)23(30)31-24(5,6)7/h21H,8-20H2,1-7H3,(H,25,26). The Morgan fingerprint density at radius 1 is 1.06 bits per heavy atom. The molecule has 182 valence electrons. The van der Waals surface area contributed by atoms with E-state index in [1.807, 2.05) is 32.6 Å². The monoisotopic (exact) mass is 439 g/mol. The van der Waals surface area contributed by atoms with Crippen molar-refractivity contribution in [2.75, 3.05) is 58.9 Å². The van der Waals surface area contributed by atoms with Gasteiger partial charge in [-0.05, 0) is 85.9 Å². The number of hydrogen-bond donors (Lipinski definition) is 1. The number of likely N-dealkylation sites (tertiary alicyclic amines) is 1. The highest BCUT2D eigenvalue weighted by Crippen LogP contribution is 2.20. The number of aliphatic imine (C=N–C) groups is 1. The van der Waals surface area contributed by atoms with Crippen molar-refractivity contribution in [3.63, 3.8) is 0 Å². The summed E-state index contributed by atoms with van der Waals surface area (Å²) in [6.45, 7) is 23.0. The number of carbonyl (C=O) groups is 1. The maximum Gasteiger partial charge on any atom is 0.410 e. The van der Waals surface area contributed by atoms with Gasteiger partial charge in [-0.1, -0.05) is 13.8 Å². The maximum atomic E-state index is 12.4. The highest BCUT2D eigenvalue weighted by atomic mass is 16.6. The highest BCUT2D eigenvalue weighted by Gasteiger charge is 2.27. The number of unbranched alkanes of at least 4 members (excludes halogenated alkanes) is 1. The minimum atomic E-state index is -0.448. The minimum absolute atomic E-state index is 0.197. The first-order valence-corrected chi connectivity index (χ1v) is 12.5. The molecule has 1 saturated heterocycles. The van der Waals surface area contributed by atoms with Crippen molar-refractivity contribution in [1.29, 1.82) is 0 Å². The third-order valence-electron chi connectivity index (χ3n) is 5.80. The van der Waals surface area contributed by atoms with Gasteiger partial charge in [-0.25, -0.2) is 4.79 Å². The van der Waals surface area contributed by atoms with Gasteiger partial charge in [-0.3, -0.25) is 4.99 Å². The molecule has 7 heteroatoms. The molecule has 0 aromatic rings. The molecule has 0 aliphatic carbocycles. The van der Waals surface area contributed by atoms with Crippen LogP contribution in [0.25, 0.3) is 0 Å². The third kappa shape index (κ3) is 11.1. The molecule has 31 heavy (non-hydrogen) atoms. The second kappa shape index (κ2) is 14.5. The lowest BCUT2D eigenvalue weighted by Crippen LogP contribution is -2.48. The molecule has 0 spiro atoms. The van der Waals surface area contributed by atoms with Crippen LogP contribution in [0.2, 0.25) is 0 Å². The second-order valence-corrected chi connectivity index (χ2v) is 9.42. The summed E-state index contributed by atoms with van der Waals surface area (Å²) in [6, 6.07) is 0. The summed E-state index contributed by atoms with van der Waals surface area (Å²) in [6.07, 6.45) is 4.28. The van der Waals surface area contributed by atoms with Crippen LogP contribution in [-0.2, 0) is 4.74 Å². The molecule has 0 aromatic heterocycles. The zero-order valence-corrected chi connectivity index (χ0v) is 21.4. The van der Waals surface area contributed by atoms with Gasteiger partial charge >= 0.3 is 6.09 Å². The molecule has 1 aliphatic heterocycles. The van der Waals surface area contributed by atoms with E-state index in [9.17, 15) is 4.79 Å². The molecule has 1 aliphatic rings. The van der Waals surface area contributed by atoms with E-state index in [0.717, 1.165) is 77.6 Å². The van der Waals surface area contributed by atoms with Gasteiger partial charge in [0.1, 0.15) is 5.60 Å². The van der Waals surface area contributed by atoms with Crippen LogP contribution in [-0.4, -0.2) is 91.3 Å². The Bertz CT molecular complexity index is 521. The zero-order chi connectivity index (χ0) is 23.3. The number of rotatable bonds is 11. The lowest BCUT2D eigenvalue weighted by molar-refractivity contribution is 0.0214. The average molecular weight is 440 g/mol. The highest BCUT2D eigenvalue weighted by molar-refractivity contribution is 5.80. The van der Waals surface area contributed by atoms with Gasteiger partial charge in [-0.15, -0.1) is 0 Å². The molecule has 0 atom stereocenters. The summed E-state index contributed by atoms with van der Waals surface area (Å²) >= 11 is 0. The molecule has 1 amide bonds. The van der Waals surface area contributed by atoms with Crippen molar-refractivity contribution in [2.45, 2.75) is 79.8 Å². The number of guanidine groups is 1. The number of ether oxygens (including phenoxy) is 1. The van der Waals surface area contributed by atoms with E-state index >= 15 is 0 Å². The van der Waals surface area contributed by atoms with E-state index in [0.29, 0.717) is 12.5 Å². The van der Waals surface area contributed by atoms with Crippen LogP contribution in [0.1, 0.15) is 74.1 Å². The van der Waals surface area contributed by atoms with E-state index in [1.165, 1.54) is 6.42 Å². The molecule has 0 radical (unpaired) electrons. The van der Waals surface area contributed by atoms with Crippen molar-refractivity contribution < 1.29 is 9.53 Å². The Morgan fingerprint density at radius 2 is 1.71 bits per heavy atom. The normalized spacial score (nSPS) is 16.0. The summed E-state index contributed by atoms with van der Waals surface area (Å²) in [5.74, 6) is 1.56. The summed E-state index contributed by atoms with van der Waals surface area (Å²) in [5.41, 5.74) is -0.448. The predicted octanol–water partition coefficient (Wildman–Crippen LogP) is 4.04. The van der Waals surface area contributed by atoms with Crippen molar-refractivity contribution in [3.8, 4) is 0 Å². The fourth-order valence-corrected chi connectivity index (χ4v) is 3.90. The van der Waals surface area contributed by atoms with Crippen molar-refractivity contribution in [1.82, 2.24) is 20.0 Å². The fourth-order valence-electron chi connectivity index (χ4n) is 3.90. The first kappa shape index (κ1) is 27.5. The van der Waals surface area contributed by atoms with Gasteiger partial charge < -0.3 is 24.8 Å². The molecule has 0 unspecified atom stereocenters. The Hall–Kier alpha value is -1.50. The van der Waals surface area contributed by atoms with Crippen LogP contribution in [0.4, 0.5) is 4.79 Å². The van der Waals surface area contributed by atoms with E-state index in [2.05, 4.69) is 35.9 Å². The molecular formula is C24H49N5O2. The van der Waals surface area contributed by atoms with Gasteiger partial charge in [0.15, 0.2) is 5.96 Å². The van der Waals surface area contributed by atoms with Gasteiger partial charge in [-0.2, -0.15) is 0 Å². The van der Waals surface area contributed by atoms with Crippen molar-refractivity contribution in [2.24, 2.45) is 10.9 Å². The molecule has 1 heterocycles. The molecule has 1 fully saturated rings. The van der Waals surface area contributed by atoms with E-state index in [4.69, 9.17) is 9.73 Å². The lowest BCUT2D eigenvalue weighted by Gasteiger charge is -2.36. The van der Waals surface area contributed by atoms with Crippen LogP contribution in [0.5, 0.6) is 0 Å². The maximum absolute atomic E-state index is 12.4. The van der Waals surface area contributed by atoms with Gasteiger partial charge in [0.25, 0.3) is 0 Å². The predicted molar refractivity (Wildman–Crippen MR) is 131 cm³/mol. The smallest absolute Gasteiger partial charge is 0.410 e. The molecule has 7 nitrogen and oxygen atoms in total. The topological polar surface area (TPSA) is 60.4 Å². The van der Waals surface area contributed by atoms with E-state index in [-0.39, 0.29) is 6.09 Å². The Morgan fingerprint density at radius 3 is 2.23 bits per heavy atom. The van der Waals surface area contributed by atoms with Gasteiger partial charge in [0.2, 0.25) is 0 Å². The van der Waals surface area contributed by atoms with Gasteiger partial charge in [0, 0.05) is 39.3 Å². The molecular weight excluding hydrogens is 390 g/mol. The van der Waals surface area contributed by atoms with E-state index < -0.39 is 5.60 Å². The first-order valence-electron chi connectivity index (χ1n) is 12.5. The SMILES string of the molecule is CCNC(=NCCCCN(CC)CC)N1CCC(CN(CC)C(=O)OC(C)(C)C)CC1. The number of piperidine rings is 1. The first-order chi connectivity index (χ1) is 14.7. The van der Waals surface area contributed by atoms with E-state index in [1.54, 1.807) is 0 Å². The quantitative estimate of drug-likeness (QED) is 0.299. The summed E-state index contributed by atoms with van der Waals surface area (Å²) in [7, 11) is 0. The molecule has 1 rings (SSSR count). The lowest BCUT2D eigenvalue weighted by atomic mass is 9.96. The minimum Gasteiger partial charge on any atom is -0.444 e. The summed E-state index contributed by atoms with van der Waals surface area (Å²) in [5, 5.41) is 3.47. The number of hydrogen-bond acceptors (Lipinski definition) is 4. The van der Waals surface area contributed by atoms with Gasteiger partial charge in [0.05, 0.1) is 0 Å². The summed E-state index contributed by atoms with van der Waals surface area (Å²) in [4.78, 5) is 24.0. The van der Waals surface area contributed by atoms with Crippen LogP contribution in [0.3, 0.4) is 0 Å². The number of nitrogens with zero attached hydrogens (tertiary/aromatic N) is 4. The number of nitrogens with one attached hydrogen (secondary N) is 1. The Kier molecular flexibility index (Phi) is 12.9. The van der Waals surface area contributed by atoms with Crippen molar-refractivity contribution >= 4 is 12.1 Å². The average Bonchev–Trinajstić information content (AvgIpc) is 2.73. The number of carbonyl (C=O) groups excluding carboxylic acids is 1. The number of amides is 1. The van der Waals surface area contributed by atoms with Crippen molar-refractivity contribution in [3.05, 3.63) is 0 Å². The van der Waals surface area contributed by atoms with Crippen LogP contribution >= 0.6 is 0 Å².